The summed E-state index contributed by atoms with van der Waals surface area (Å²) in [6.45, 7) is 1.38. The van der Waals surface area contributed by atoms with E-state index in [1.54, 1.807) is 36.5 Å². The fraction of sp³-hybridized carbons (Fsp3) is 0.150. The van der Waals surface area contributed by atoms with Gasteiger partial charge in [0.2, 0.25) is 5.95 Å². The van der Waals surface area contributed by atoms with Gasteiger partial charge in [-0.1, -0.05) is 12.1 Å². The van der Waals surface area contributed by atoms with Crippen LogP contribution in [-0.2, 0) is 4.74 Å². The highest BCUT2D eigenvalue weighted by molar-refractivity contribution is 6.04. The molecule has 0 spiro atoms. The Bertz CT molecular complexity index is 970. The van der Waals surface area contributed by atoms with Gasteiger partial charge in [-0.2, -0.15) is 4.39 Å². The number of amides is 1. The molecular formula is C20H17FN4O2. The third-order valence-electron chi connectivity index (χ3n) is 4.49. The number of aromatic nitrogens is 2. The van der Waals surface area contributed by atoms with Gasteiger partial charge in [0.15, 0.2) is 0 Å². The Balaban J connectivity index is 1.53. The van der Waals surface area contributed by atoms with E-state index in [0.717, 1.165) is 16.7 Å². The van der Waals surface area contributed by atoms with E-state index in [2.05, 4.69) is 15.3 Å². The normalized spacial score (nSPS) is 13.8. The first-order valence-corrected chi connectivity index (χ1v) is 8.46. The molecule has 0 saturated carbocycles. The molecule has 0 unspecified atom stereocenters. The largest absolute Gasteiger partial charge is 0.397 e. The Labute approximate surface area is 155 Å². The summed E-state index contributed by atoms with van der Waals surface area (Å²) in [5.41, 5.74) is 9.70. The van der Waals surface area contributed by atoms with Crippen LogP contribution in [0, 0.1) is 5.95 Å². The number of pyridine rings is 2. The molecule has 0 radical (unpaired) electrons. The van der Waals surface area contributed by atoms with E-state index in [4.69, 9.17) is 10.5 Å². The summed E-state index contributed by atoms with van der Waals surface area (Å²) in [6, 6.07) is 11.7. The fourth-order valence-electron chi connectivity index (χ4n) is 2.79. The van der Waals surface area contributed by atoms with Gasteiger partial charge in [0.1, 0.15) is 5.69 Å². The van der Waals surface area contributed by atoms with Crippen molar-refractivity contribution >= 4 is 17.3 Å². The highest BCUT2D eigenvalue weighted by Gasteiger charge is 2.21. The maximum absolute atomic E-state index is 13.0. The lowest BCUT2D eigenvalue weighted by molar-refractivity contribution is 0.00828. The molecule has 3 heterocycles. The van der Waals surface area contributed by atoms with Crippen molar-refractivity contribution in [3.8, 4) is 11.1 Å². The number of benzene rings is 1. The van der Waals surface area contributed by atoms with Gasteiger partial charge in [0.25, 0.3) is 5.91 Å². The number of ether oxygens (including phenoxy) is 1. The highest BCUT2D eigenvalue weighted by Crippen LogP contribution is 2.28. The number of nitrogens with two attached hydrogens (primary N) is 1. The molecule has 1 aliphatic heterocycles. The highest BCUT2D eigenvalue weighted by atomic mass is 19.1. The molecule has 1 fully saturated rings. The zero-order chi connectivity index (χ0) is 18.8. The lowest BCUT2D eigenvalue weighted by Gasteiger charge is -2.25. The fourth-order valence-corrected chi connectivity index (χ4v) is 2.79. The number of nitrogens with zero attached hydrogens (tertiary/aromatic N) is 2. The predicted octanol–water partition coefficient (Wildman–Crippen LogP) is 3.23. The molecule has 0 bridgehead atoms. The van der Waals surface area contributed by atoms with Crippen LogP contribution in [0.5, 0.6) is 0 Å². The molecule has 1 amide bonds. The Hall–Kier alpha value is -3.32. The Morgan fingerprint density at radius 2 is 1.89 bits per heavy atom. The average molecular weight is 364 g/mol. The van der Waals surface area contributed by atoms with Crippen LogP contribution in [0.4, 0.5) is 15.8 Å². The van der Waals surface area contributed by atoms with Gasteiger partial charge in [-0.05, 0) is 41.5 Å². The van der Waals surface area contributed by atoms with Crippen LogP contribution in [-0.4, -0.2) is 29.1 Å². The van der Waals surface area contributed by atoms with Gasteiger partial charge < -0.3 is 15.8 Å². The number of hydrogen-bond donors (Lipinski definition) is 2. The molecule has 1 aliphatic rings. The van der Waals surface area contributed by atoms with Gasteiger partial charge in [0.05, 0.1) is 24.6 Å². The lowest BCUT2D eigenvalue weighted by atomic mass is 9.99. The van der Waals surface area contributed by atoms with Crippen molar-refractivity contribution in [1.29, 1.82) is 0 Å². The summed E-state index contributed by atoms with van der Waals surface area (Å²) in [6.07, 6.45) is 3.13. The number of hydrogen-bond acceptors (Lipinski definition) is 5. The van der Waals surface area contributed by atoms with Gasteiger partial charge >= 0.3 is 0 Å². The summed E-state index contributed by atoms with van der Waals surface area (Å²) in [5, 5.41) is 2.78. The molecule has 1 saturated heterocycles. The Morgan fingerprint density at radius 3 is 2.52 bits per heavy atom. The monoisotopic (exact) mass is 364 g/mol. The second kappa shape index (κ2) is 7.13. The molecular weight excluding hydrogens is 347 g/mol. The third-order valence-corrected chi connectivity index (χ3v) is 4.49. The molecule has 1 aromatic carbocycles. The van der Waals surface area contributed by atoms with Crippen molar-refractivity contribution in [3.63, 3.8) is 0 Å². The Kier molecular flexibility index (Phi) is 4.52. The second-order valence-electron chi connectivity index (χ2n) is 6.34. The average Bonchev–Trinajstić information content (AvgIpc) is 2.63. The van der Waals surface area contributed by atoms with E-state index in [0.29, 0.717) is 36.2 Å². The number of rotatable bonds is 4. The molecule has 4 rings (SSSR count). The van der Waals surface area contributed by atoms with E-state index in [-0.39, 0.29) is 5.91 Å². The van der Waals surface area contributed by atoms with Crippen LogP contribution >= 0.6 is 0 Å². The maximum Gasteiger partial charge on any atom is 0.274 e. The van der Waals surface area contributed by atoms with Gasteiger partial charge in [0, 0.05) is 23.9 Å². The van der Waals surface area contributed by atoms with Gasteiger partial charge in [-0.25, -0.2) is 4.98 Å². The van der Waals surface area contributed by atoms with Crippen molar-refractivity contribution in [2.24, 2.45) is 0 Å². The molecule has 136 valence electrons. The first-order valence-electron chi connectivity index (χ1n) is 8.46. The van der Waals surface area contributed by atoms with E-state index in [9.17, 15) is 9.18 Å². The molecule has 0 atom stereocenters. The summed E-state index contributed by atoms with van der Waals surface area (Å²) < 4.78 is 18.2. The predicted molar refractivity (Wildman–Crippen MR) is 99.8 cm³/mol. The molecule has 3 N–H and O–H groups in total. The van der Waals surface area contributed by atoms with Crippen molar-refractivity contribution in [1.82, 2.24) is 9.97 Å². The molecule has 3 aromatic rings. The number of nitrogens with one attached hydrogen (secondary N) is 1. The van der Waals surface area contributed by atoms with Gasteiger partial charge in [-0.3, -0.25) is 9.78 Å². The van der Waals surface area contributed by atoms with E-state index in [1.807, 2.05) is 6.07 Å². The second-order valence-corrected chi connectivity index (χ2v) is 6.34. The van der Waals surface area contributed by atoms with Crippen molar-refractivity contribution < 1.29 is 13.9 Å². The van der Waals surface area contributed by atoms with Crippen molar-refractivity contribution in [2.45, 2.75) is 5.92 Å². The topological polar surface area (TPSA) is 90.1 Å². The standard InChI is InChI=1S/C20H17FN4O2/c21-19-6-3-13(9-24-19)12-1-4-16(22)18(7-12)25-20(26)17-5-2-14(8-23-17)15-10-27-11-15/h1-9,15H,10-11,22H2,(H,25,26). The molecule has 0 aliphatic carbocycles. The smallest absolute Gasteiger partial charge is 0.274 e. The van der Waals surface area contributed by atoms with Crippen LogP contribution in [0.15, 0.2) is 54.9 Å². The maximum atomic E-state index is 13.0. The minimum Gasteiger partial charge on any atom is -0.397 e. The number of carbonyl (C=O) groups is 1. The Morgan fingerprint density at radius 1 is 1.07 bits per heavy atom. The first kappa shape index (κ1) is 17.1. The minimum absolute atomic E-state index is 0.298. The third kappa shape index (κ3) is 3.63. The van der Waals surface area contributed by atoms with E-state index < -0.39 is 5.95 Å². The van der Waals surface area contributed by atoms with Crippen LogP contribution in [0.1, 0.15) is 22.0 Å². The molecule has 7 heteroatoms. The number of carbonyl (C=O) groups excluding carboxylic acids is 1. The summed E-state index contributed by atoms with van der Waals surface area (Å²) >= 11 is 0. The van der Waals surface area contributed by atoms with Crippen LogP contribution in [0.2, 0.25) is 0 Å². The quantitative estimate of drug-likeness (QED) is 0.548. The first-order chi connectivity index (χ1) is 13.1. The minimum atomic E-state index is -0.550. The zero-order valence-electron chi connectivity index (χ0n) is 14.4. The molecule has 6 nitrogen and oxygen atoms in total. The molecule has 2 aromatic heterocycles. The van der Waals surface area contributed by atoms with E-state index in [1.165, 1.54) is 12.3 Å². The number of halogens is 1. The van der Waals surface area contributed by atoms with Gasteiger partial charge in [-0.15, -0.1) is 0 Å². The number of anilines is 2. The SMILES string of the molecule is Nc1ccc(-c2ccc(F)nc2)cc1NC(=O)c1ccc(C2COC2)cn1. The van der Waals surface area contributed by atoms with Crippen LogP contribution in [0.3, 0.4) is 0 Å². The van der Waals surface area contributed by atoms with Crippen molar-refractivity contribution in [3.05, 3.63) is 72.1 Å². The van der Waals surface area contributed by atoms with E-state index >= 15 is 0 Å². The summed E-state index contributed by atoms with van der Waals surface area (Å²) in [5.74, 6) is -0.551. The lowest BCUT2D eigenvalue weighted by Crippen LogP contribution is -2.25. The number of nitrogen functional groups attached to an aromatic ring is 1. The molecule has 27 heavy (non-hydrogen) atoms. The summed E-state index contributed by atoms with van der Waals surface area (Å²) in [7, 11) is 0. The van der Waals surface area contributed by atoms with Crippen LogP contribution < -0.4 is 11.1 Å². The summed E-state index contributed by atoms with van der Waals surface area (Å²) in [4.78, 5) is 20.4. The zero-order valence-corrected chi connectivity index (χ0v) is 14.4. The van der Waals surface area contributed by atoms with Crippen LogP contribution in [0.25, 0.3) is 11.1 Å². The van der Waals surface area contributed by atoms with Crippen molar-refractivity contribution in [2.75, 3.05) is 24.3 Å².